The fourth-order valence-corrected chi connectivity index (χ4v) is 1.71. The highest BCUT2D eigenvalue weighted by Crippen LogP contribution is 2.12. The van der Waals surface area contributed by atoms with Gasteiger partial charge in [0.1, 0.15) is 5.69 Å². The third-order valence-corrected chi connectivity index (χ3v) is 2.59. The zero-order valence-electron chi connectivity index (χ0n) is 11.5. The molecule has 18 heavy (non-hydrogen) atoms. The molecule has 1 rings (SSSR count). The normalized spacial score (nSPS) is 11.6. The van der Waals surface area contributed by atoms with Gasteiger partial charge in [-0.15, -0.1) is 0 Å². The van der Waals surface area contributed by atoms with E-state index in [2.05, 4.69) is 10.4 Å². The molecule has 1 aromatic rings. The Kier molecular flexibility index (Phi) is 4.72. The third kappa shape index (κ3) is 3.46. The maximum atomic E-state index is 12.0. The lowest BCUT2D eigenvalue weighted by Gasteiger charge is -2.24. The summed E-state index contributed by atoms with van der Waals surface area (Å²) in [5, 5.41) is 6.86. The van der Waals surface area contributed by atoms with Crippen LogP contribution in [0, 0.1) is 0 Å². The number of carbonyl (C=O) groups excluding carboxylic acids is 1. The van der Waals surface area contributed by atoms with Crippen molar-refractivity contribution in [3.63, 3.8) is 0 Å². The molecule has 6 heteroatoms. The van der Waals surface area contributed by atoms with Crippen molar-refractivity contribution < 1.29 is 9.53 Å². The van der Waals surface area contributed by atoms with Crippen molar-refractivity contribution in [2.75, 3.05) is 18.9 Å². The molecule has 0 aliphatic heterocycles. The van der Waals surface area contributed by atoms with Crippen LogP contribution in [0.2, 0.25) is 0 Å². The van der Waals surface area contributed by atoms with Gasteiger partial charge in [0, 0.05) is 19.7 Å². The highest BCUT2D eigenvalue weighted by Gasteiger charge is 2.21. The Hall–Kier alpha value is -1.56. The summed E-state index contributed by atoms with van der Waals surface area (Å²) < 4.78 is 7.10. The summed E-state index contributed by atoms with van der Waals surface area (Å²) in [6.07, 6.45) is 1.49. The van der Waals surface area contributed by atoms with Gasteiger partial charge in [-0.3, -0.25) is 9.48 Å². The SMILES string of the molecule is CCOC(C)(C)CNC(=O)c1c(N)cnn1CC. The maximum Gasteiger partial charge on any atom is 0.271 e. The van der Waals surface area contributed by atoms with Crippen LogP contribution in [-0.4, -0.2) is 34.4 Å². The van der Waals surface area contributed by atoms with Gasteiger partial charge in [0.15, 0.2) is 0 Å². The molecule has 0 aliphatic rings. The number of hydrogen-bond acceptors (Lipinski definition) is 4. The lowest BCUT2D eigenvalue weighted by molar-refractivity contribution is -0.00821. The molecule has 1 aromatic heterocycles. The van der Waals surface area contributed by atoms with Gasteiger partial charge in [-0.05, 0) is 27.7 Å². The molecule has 6 nitrogen and oxygen atoms in total. The van der Waals surface area contributed by atoms with Crippen LogP contribution in [0.25, 0.3) is 0 Å². The van der Waals surface area contributed by atoms with Crippen molar-refractivity contribution in [3.8, 4) is 0 Å². The average molecular weight is 254 g/mol. The number of nitrogens with zero attached hydrogens (tertiary/aromatic N) is 2. The lowest BCUT2D eigenvalue weighted by atomic mass is 10.1. The molecule has 1 amide bonds. The second-order valence-electron chi connectivity index (χ2n) is 4.64. The Bertz CT molecular complexity index is 412. The van der Waals surface area contributed by atoms with E-state index in [1.807, 2.05) is 27.7 Å². The first-order valence-corrected chi connectivity index (χ1v) is 6.14. The molecule has 0 saturated carbocycles. The Morgan fingerprint density at radius 3 is 2.78 bits per heavy atom. The van der Waals surface area contributed by atoms with E-state index in [0.717, 1.165) is 0 Å². The lowest BCUT2D eigenvalue weighted by Crippen LogP contribution is -2.41. The number of nitrogens with one attached hydrogen (secondary N) is 1. The second kappa shape index (κ2) is 5.86. The van der Waals surface area contributed by atoms with E-state index in [-0.39, 0.29) is 5.91 Å². The first-order valence-electron chi connectivity index (χ1n) is 6.14. The molecule has 0 bridgehead atoms. The molecule has 1 heterocycles. The van der Waals surface area contributed by atoms with E-state index in [0.29, 0.717) is 31.1 Å². The Morgan fingerprint density at radius 2 is 2.22 bits per heavy atom. The van der Waals surface area contributed by atoms with Crippen molar-refractivity contribution in [1.29, 1.82) is 0 Å². The maximum absolute atomic E-state index is 12.0. The number of nitrogens with two attached hydrogens (primary N) is 1. The summed E-state index contributed by atoms with van der Waals surface area (Å²) in [5.41, 5.74) is 6.15. The van der Waals surface area contributed by atoms with E-state index in [4.69, 9.17) is 10.5 Å². The Labute approximate surface area is 107 Å². The monoisotopic (exact) mass is 254 g/mol. The van der Waals surface area contributed by atoms with Gasteiger partial charge >= 0.3 is 0 Å². The van der Waals surface area contributed by atoms with E-state index in [9.17, 15) is 4.79 Å². The number of hydrogen-bond donors (Lipinski definition) is 2. The van der Waals surface area contributed by atoms with Gasteiger partial charge in [0.05, 0.1) is 17.5 Å². The standard InChI is InChI=1S/C12H22N4O2/c1-5-16-10(9(13)7-15-16)11(17)14-8-12(3,4)18-6-2/h7H,5-6,8,13H2,1-4H3,(H,14,17). The Balaban J connectivity index is 2.68. The predicted octanol–water partition coefficient (Wildman–Crippen LogP) is 1.03. The van der Waals surface area contributed by atoms with Crippen molar-refractivity contribution in [2.45, 2.75) is 39.8 Å². The molecule has 0 radical (unpaired) electrons. The zero-order valence-corrected chi connectivity index (χ0v) is 11.5. The summed E-state index contributed by atoms with van der Waals surface area (Å²) in [4.78, 5) is 12.0. The molecule has 0 aliphatic carbocycles. The van der Waals surface area contributed by atoms with Crippen LogP contribution in [0.15, 0.2) is 6.20 Å². The molecule has 0 fully saturated rings. The molecular formula is C12H22N4O2. The minimum Gasteiger partial charge on any atom is -0.396 e. The molecule has 102 valence electrons. The number of aromatic nitrogens is 2. The van der Waals surface area contributed by atoms with Gasteiger partial charge in [-0.2, -0.15) is 5.10 Å². The van der Waals surface area contributed by atoms with E-state index >= 15 is 0 Å². The predicted molar refractivity (Wildman–Crippen MR) is 70.4 cm³/mol. The third-order valence-electron chi connectivity index (χ3n) is 2.59. The fourth-order valence-electron chi connectivity index (χ4n) is 1.71. The van der Waals surface area contributed by atoms with Crippen molar-refractivity contribution in [3.05, 3.63) is 11.9 Å². The second-order valence-corrected chi connectivity index (χ2v) is 4.64. The first kappa shape index (κ1) is 14.5. The average Bonchev–Trinajstić information content (AvgIpc) is 2.67. The number of carbonyl (C=O) groups is 1. The van der Waals surface area contributed by atoms with Crippen molar-refractivity contribution in [2.24, 2.45) is 0 Å². The van der Waals surface area contributed by atoms with Crippen LogP contribution >= 0.6 is 0 Å². The van der Waals surface area contributed by atoms with Crippen LogP contribution in [-0.2, 0) is 11.3 Å². The van der Waals surface area contributed by atoms with Gasteiger partial charge in [0.25, 0.3) is 5.91 Å². The van der Waals surface area contributed by atoms with Crippen molar-refractivity contribution in [1.82, 2.24) is 15.1 Å². The van der Waals surface area contributed by atoms with E-state index in [1.54, 1.807) is 4.68 Å². The topological polar surface area (TPSA) is 82.2 Å². The summed E-state index contributed by atoms with van der Waals surface area (Å²) in [6, 6.07) is 0. The van der Waals surface area contributed by atoms with Crippen LogP contribution < -0.4 is 11.1 Å². The summed E-state index contributed by atoms with van der Waals surface area (Å²) in [7, 11) is 0. The zero-order chi connectivity index (χ0) is 13.8. The smallest absolute Gasteiger partial charge is 0.271 e. The molecule has 3 N–H and O–H groups in total. The quantitative estimate of drug-likeness (QED) is 0.794. The molecule has 0 unspecified atom stereocenters. The van der Waals surface area contributed by atoms with E-state index < -0.39 is 5.60 Å². The molecule has 0 aromatic carbocycles. The number of aryl methyl sites for hydroxylation is 1. The largest absolute Gasteiger partial charge is 0.396 e. The molecule has 0 saturated heterocycles. The number of ether oxygens (including phenoxy) is 1. The molecular weight excluding hydrogens is 232 g/mol. The highest BCUT2D eigenvalue weighted by atomic mass is 16.5. The number of rotatable bonds is 6. The minimum atomic E-state index is -0.393. The van der Waals surface area contributed by atoms with Crippen LogP contribution in [0.5, 0.6) is 0 Å². The molecule has 0 spiro atoms. The minimum absolute atomic E-state index is 0.223. The van der Waals surface area contributed by atoms with Gasteiger partial charge in [-0.1, -0.05) is 0 Å². The van der Waals surface area contributed by atoms with Crippen LogP contribution in [0.4, 0.5) is 5.69 Å². The van der Waals surface area contributed by atoms with Crippen LogP contribution in [0.3, 0.4) is 0 Å². The fraction of sp³-hybridized carbons (Fsp3) is 0.667. The van der Waals surface area contributed by atoms with Gasteiger partial charge in [-0.25, -0.2) is 0 Å². The number of nitrogen functional groups attached to an aromatic ring is 1. The van der Waals surface area contributed by atoms with Crippen molar-refractivity contribution >= 4 is 11.6 Å². The number of amides is 1. The summed E-state index contributed by atoms with van der Waals surface area (Å²) in [6.45, 7) is 9.33. The van der Waals surface area contributed by atoms with Crippen LogP contribution in [0.1, 0.15) is 38.2 Å². The molecule has 0 atom stereocenters. The first-order chi connectivity index (χ1) is 8.41. The summed E-state index contributed by atoms with van der Waals surface area (Å²) >= 11 is 0. The highest BCUT2D eigenvalue weighted by molar-refractivity contribution is 5.97. The van der Waals surface area contributed by atoms with E-state index in [1.165, 1.54) is 6.20 Å². The van der Waals surface area contributed by atoms with Gasteiger partial charge in [0.2, 0.25) is 0 Å². The Morgan fingerprint density at radius 1 is 1.56 bits per heavy atom. The number of anilines is 1. The summed E-state index contributed by atoms with van der Waals surface area (Å²) in [5.74, 6) is -0.223. The van der Waals surface area contributed by atoms with Gasteiger partial charge < -0.3 is 15.8 Å².